The second-order valence-corrected chi connectivity index (χ2v) is 10.4. The van der Waals surface area contributed by atoms with Crippen LogP contribution < -0.4 is 5.32 Å². The summed E-state index contributed by atoms with van der Waals surface area (Å²) in [4.78, 5) is 12.7. The molecule has 1 fully saturated rings. The van der Waals surface area contributed by atoms with Crippen molar-refractivity contribution in [1.29, 1.82) is 0 Å². The highest BCUT2D eigenvalue weighted by Crippen LogP contribution is 2.25. The van der Waals surface area contributed by atoms with Gasteiger partial charge in [-0.05, 0) is 67.0 Å². The Kier molecular flexibility index (Phi) is 6.74. The molecule has 6 nitrogen and oxygen atoms in total. The van der Waals surface area contributed by atoms with E-state index in [1.165, 1.54) is 28.3 Å². The number of benzene rings is 2. The molecular weight excluding hydrogens is 412 g/mol. The molecule has 0 unspecified atom stereocenters. The molecular formula is C24H30N2O4S. The summed E-state index contributed by atoms with van der Waals surface area (Å²) >= 11 is 0. The molecule has 0 bridgehead atoms. The number of hydrogen-bond donors (Lipinski definition) is 1. The molecule has 2 aromatic rings. The molecule has 7 heteroatoms. The van der Waals surface area contributed by atoms with Crippen LogP contribution in [0.4, 0.5) is 0 Å². The number of hydrogen-bond acceptors (Lipinski definition) is 4. The van der Waals surface area contributed by atoms with Gasteiger partial charge in [0.1, 0.15) is 0 Å². The largest absolute Gasteiger partial charge is 0.379 e. The maximum atomic E-state index is 12.7. The minimum absolute atomic E-state index is 0.0690. The van der Waals surface area contributed by atoms with Gasteiger partial charge in [0.25, 0.3) is 5.91 Å². The van der Waals surface area contributed by atoms with E-state index in [1.807, 2.05) is 6.92 Å². The lowest BCUT2D eigenvalue weighted by molar-refractivity contribution is 0.0729. The lowest BCUT2D eigenvalue weighted by atomic mass is 9.89. The molecule has 1 N–H and O–H groups in total. The lowest BCUT2D eigenvalue weighted by Gasteiger charge is -2.26. The van der Waals surface area contributed by atoms with Gasteiger partial charge >= 0.3 is 0 Å². The van der Waals surface area contributed by atoms with Gasteiger partial charge in [-0.15, -0.1) is 0 Å². The van der Waals surface area contributed by atoms with Gasteiger partial charge in [0.15, 0.2) is 0 Å². The van der Waals surface area contributed by atoms with Crippen molar-refractivity contribution in [1.82, 2.24) is 9.62 Å². The van der Waals surface area contributed by atoms with E-state index in [2.05, 4.69) is 23.5 Å². The fourth-order valence-corrected chi connectivity index (χ4v) is 5.77. The van der Waals surface area contributed by atoms with E-state index in [0.717, 1.165) is 18.4 Å². The third-order valence-electron chi connectivity index (χ3n) is 6.15. The van der Waals surface area contributed by atoms with Crippen LogP contribution in [0.15, 0.2) is 42.5 Å². The van der Waals surface area contributed by atoms with Crippen LogP contribution >= 0.6 is 0 Å². The van der Waals surface area contributed by atoms with Crippen LogP contribution in [0.1, 0.15) is 58.4 Å². The summed E-state index contributed by atoms with van der Waals surface area (Å²) in [5.41, 5.74) is 5.14. The van der Waals surface area contributed by atoms with E-state index >= 15 is 0 Å². The molecule has 31 heavy (non-hydrogen) atoms. The van der Waals surface area contributed by atoms with E-state index < -0.39 is 10.0 Å². The Labute approximate surface area is 184 Å². The fourth-order valence-electron chi connectivity index (χ4n) is 4.27. The number of carbonyl (C=O) groups excluding carboxylic acids is 1. The summed E-state index contributed by atoms with van der Waals surface area (Å²) in [6.45, 7) is 3.64. The third-order valence-corrected chi connectivity index (χ3v) is 8.00. The minimum atomic E-state index is -3.38. The van der Waals surface area contributed by atoms with Crippen LogP contribution in [0.2, 0.25) is 0 Å². The van der Waals surface area contributed by atoms with Gasteiger partial charge in [0.05, 0.1) is 25.0 Å². The summed E-state index contributed by atoms with van der Waals surface area (Å²) in [5.74, 6) is -0.228. The fraction of sp³-hybridized carbons (Fsp3) is 0.458. The number of nitrogens with one attached hydrogen (secondary N) is 1. The summed E-state index contributed by atoms with van der Waals surface area (Å²) in [6.07, 6.45) is 4.73. The lowest BCUT2D eigenvalue weighted by Crippen LogP contribution is -2.41. The number of ether oxygens (including phenoxy) is 1. The minimum Gasteiger partial charge on any atom is -0.379 e. The molecule has 2 aliphatic rings. The van der Waals surface area contributed by atoms with E-state index in [-0.39, 0.29) is 17.7 Å². The Morgan fingerprint density at radius 3 is 2.42 bits per heavy atom. The van der Waals surface area contributed by atoms with Crippen LogP contribution in [0.3, 0.4) is 0 Å². The molecule has 0 saturated carbocycles. The quantitative estimate of drug-likeness (QED) is 0.745. The normalized spacial score (nSPS) is 18.2. The molecule has 0 aromatic heterocycles. The van der Waals surface area contributed by atoms with Crippen molar-refractivity contribution in [2.75, 3.05) is 26.3 Å². The van der Waals surface area contributed by atoms with Crippen LogP contribution in [-0.2, 0) is 33.4 Å². The van der Waals surface area contributed by atoms with Crippen LogP contribution in [0, 0.1) is 0 Å². The first-order chi connectivity index (χ1) is 14.9. The van der Waals surface area contributed by atoms with Crippen LogP contribution in [-0.4, -0.2) is 44.9 Å². The molecule has 1 aliphatic carbocycles. The Morgan fingerprint density at radius 1 is 1.03 bits per heavy atom. The van der Waals surface area contributed by atoms with Crippen molar-refractivity contribution in [3.05, 3.63) is 70.3 Å². The summed E-state index contributed by atoms with van der Waals surface area (Å²) in [5, 5.41) is 3.06. The zero-order valence-electron chi connectivity index (χ0n) is 18.0. The highest BCUT2D eigenvalue weighted by molar-refractivity contribution is 7.88. The summed E-state index contributed by atoms with van der Waals surface area (Å²) in [7, 11) is -3.38. The second kappa shape index (κ2) is 9.51. The van der Waals surface area contributed by atoms with Crippen molar-refractivity contribution < 1.29 is 17.9 Å². The number of fused-ring (bicyclic) bond motifs is 1. The summed E-state index contributed by atoms with van der Waals surface area (Å²) < 4.78 is 31.8. The molecule has 4 rings (SSSR count). The van der Waals surface area contributed by atoms with Crippen molar-refractivity contribution in [3.63, 3.8) is 0 Å². The molecule has 2 aromatic carbocycles. The number of sulfonamides is 1. The SMILES string of the molecule is C[C@H](NC(=O)c1ccc(CS(=O)(=O)N2CCOCC2)cc1)c1ccc2c(c1)CCCC2. The zero-order chi connectivity index (χ0) is 21.8. The number of rotatable bonds is 6. The Bertz CT molecular complexity index is 1030. The molecule has 166 valence electrons. The maximum Gasteiger partial charge on any atom is 0.251 e. The molecule has 1 atom stereocenters. The van der Waals surface area contributed by atoms with Crippen molar-refractivity contribution >= 4 is 15.9 Å². The van der Waals surface area contributed by atoms with Crippen molar-refractivity contribution in [2.24, 2.45) is 0 Å². The van der Waals surface area contributed by atoms with Gasteiger partial charge in [-0.2, -0.15) is 4.31 Å². The van der Waals surface area contributed by atoms with E-state index in [4.69, 9.17) is 4.74 Å². The highest BCUT2D eigenvalue weighted by atomic mass is 32.2. The molecule has 1 aliphatic heterocycles. The van der Waals surface area contributed by atoms with Gasteiger partial charge in [0.2, 0.25) is 10.0 Å². The molecule has 0 radical (unpaired) electrons. The molecule has 1 amide bonds. The number of morpholine rings is 1. The van der Waals surface area contributed by atoms with Gasteiger partial charge in [0, 0.05) is 18.7 Å². The Hall–Kier alpha value is -2.22. The van der Waals surface area contributed by atoms with Gasteiger partial charge in [-0.3, -0.25) is 4.79 Å². The molecule has 0 spiro atoms. The number of amides is 1. The number of carbonyl (C=O) groups is 1. The maximum absolute atomic E-state index is 12.7. The topological polar surface area (TPSA) is 75.7 Å². The van der Waals surface area contributed by atoms with Gasteiger partial charge in [-0.1, -0.05) is 30.3 Å². The van der Waals surface area contributed by atoms with Crippen LogP contribution in [0.25, 0.3) is 0 Å². The monoisotopic (exact) mass is 442 g/mol. The second-order valence-electron chi connectivity index (χ2n) is 8.39. The Morgan fingerprint density at radius 2 is 1.71 bits per heavy atom. The van der Waals surface area contributed by atoms with E-state index in [9.17, 15) is 13.2 Å². The highest BCUT2D eigenvalue weighted by Gasteiger charge is 2.24. The first-order valence-corrected chi connectivity index (χ1v) is 12.6. The average Bonchev–Trinajstić information content (AvgIpc) is 2.79. The predicted molar refractivity (Wildman–Crippen MR) is 120 cm³/mol. The van der Waals surface area contributed by atoms with Crippen molar-refractivity contribution in [2.45, 2.75) is 44.4 Å². The van der Waals surface area contributed by atoms with E-state index in [1.54, 1.807) is 24.3 Å². The number of nitrogens with zero attached hydrogens (tertiary/aromatic N) is 1. The smallest absolute Gasteiger partial charge is 0.251 e. The molecule has 1 heterocycles. The summed E-state index contributed by atoms with van der Waals surface area (Å²) in [6, 6.07) is 13.2. The zero-order valence-corrected chi connectivity index (χ0v) is 18.8. The Balaban J connectivity index is 1.38. The number of aryl methyl sites for hydroxylation is 2. The average molecular weight is 443 g/mol. The first kappa shape index (κ1) is 22.0. The molecule has 1 saturated heterocycles. The van der Waals surface area contributed by atoms with Gasteiger partial charge in [-0.25, -0.2) is 8.42 Å². The van der Waals surface area contributed by atoms with E-state index in [0.29, 0.717) is 37.4 Å². The van der Waals surface area contributed by atoms with Crippen LogP contribution in [0.5, 0.6) is 0 Å². The van der Waals surface area contributed by atoms with Gasteiger partial charge < -0.3 is 10.1 Å². The van der Waals surface area contributed by atoms with Crippen molar-refractivity contribution in [3.8, 4) is 0 Å². The predicted octanol–water partition coefficient (Wildman–Crippen LogP) is 3.22. The third kappa shape index (κ3) is 5.34. The standard InChI is InChI=1S/C24H30N2O4S/c1-18(22-11-10-20-4-2-3-5-23(20)16-22)25-24(27)21-8-6-19(7-9-21)17-31(28,29)26-12-14-30-15-13-26/h6-11,16,18H,2-5,12-15,17H2,1H3,(H,25,27)/t18-/m0/s1. The first-order valence-electron chi connectivity index (χ1n) is 11.0.